The van der Waals surface area contributed by atoms with Crippen molar-refractivity contribution in [2.45, 2.75) is 33.4 Å². The van der Waals surface area contributed by atoms with Gasteiger partial charge in [0.2, 0.25) is 0 Å². The fourth-order valence-electron chi connectivity index (χ4n) is 2.62. The smallest absolute Gasteiger partial charge is 0.315 e. The van der Waals surface area contributed by atoms with Crippen LogP contribution in [0.5, 0.6) is 0 Å². The highest BCUT2D eigenvalue weighted by atomic mass is 16.2. The predicted octanol–water partition coefficient (Wildman–Crippen LogP) is 1.80. The minimum absolute atomic E-state index is 0.198. The quantitative estimate of drug-likeness (QED) is 0.774. The number of aromatic nitrogens is 3. The molecular formula is C17H26N6O. The molecule has 1 heterocycles. The van der Waals surface area contributed by atoms with Gasteiger partial charge in [-0.15, -0.1) is 10.2 Å². The summed E-state index contributed by atoms with van der Waals surface area (Å²) in [5, 5.41) is 13.7. The molecule has 0 bridgehead atoms. The van der Waals surface area contributed by atoms with Gasteiger partial charge in [0, 0.05) is 18.3 Å². The van der Waals surface area contributed by atoms with E-state index in [2.05, 4.69) is 46.5 Å². The molecule has 0 aliphatic heterocycles. The second-order valence-corrected chi connectivity index (χ2v) is 5.59. The fraction of sp³-hybridized carbons (Fsp3) is 0.471. The normalized spacial score (nSPS) is 12.2. The topological polar surface area (TPSA) is 75.1 Å². The van der Waals surface area contributed by atoms with Crippen LogP contribution in [0, 0.1) is 0 Å². The van der Waals surface area contributed by atoms with Crippen LogP contribution < -0.4 is 10.6 Å². The fourth-order valence-corrected chi connectivity index (χ4v) is 2.62. The minimum Gasteiger partial charge on any atom is -0.337 e. The van der Waals surface area contributed by atoms with Crippen molar-refractivity contribution in [3.63, 3.8) is 0 Å². The molecule has 130 valence electrons. The van der Waals surface area contributed by atoms with E-state index in [-0.39, 0.29) is 6.03 Å². The summed E-state index contributed by atoms with van der Waals surface area (Å²) in [5.74, 6) is 0.688. The molecule has 2 N–H and O–H groups in total. The lowest BCUT2D eigenvalue weighted by Gasteiger charge is -2.26. The van der Waals surface area contributed by atoms with Crippen LogP contribution in [0.25, 0.3) is 5.69 Å². The number of nitrogens with zero attached hydrogens (tertiary/aromatic N) is 4. The molecule has 0 aliphatic rings. The van der Waals surface area contributed by atoms with Crippen molar-refractivity contribution in [3.05, 3.63) is 42.5 Å². The van der Waals surface area contributed by atoms with E-state index in [0.717, 1.165) is 18.8 Å². The van der Waals surface area contributed by atoms with Crippen molar-refractivity contribution in [1.29, 1.82) is 0 Å². The van der Waals surface area contributed by atoms with Crippen LogP contribution in [-0.2, 0) is 6.54 Å². The maximum absolute atomic E-state index is 12.0. The second-order valence-electron chi connectivity index (χ2n) is 5.59. The summed E-state index contributed by atoms with van der Waals surface area (Å²) in [6, 6.07) is 9.91. The molecule has 0 aliphatic carbocycles. The van der Waals surface area contributed by atoms with Crippen LogP contribution in [-0.4, -0.2) is 51.4 Å². The van der Waals surface area contributed by atoms with Crippen LogP contribution in [0.2, 0.25) is 0 Å². The zero-order chi connectivity index (χ0) is 17.4. The Bertz CT molecular complexity index is 623. The number of urea groups is 1. The number of hydrogen-bond acceptors (Lipinski definition) is 4. The van der Waals surface area contributed by atoms with Crippen molar-refractivity contribution < 1.29 is 4.79 Å². The van der Waals surface area contributed by atoms with E-state index >= 15 is 0 Å². The van der Waals surface area contributed by atoms with Crippen molar-refractivity contribution in [2.24, 2.45) is 0 Å². The van der Waals surface area contributed by atoms with E-state index in [1.54, 1.807) is 6.33 Å². The largest absolute Gasteiger partial charge is 0.337 e. The number of carbonyl (C=O) groups is 1. The summed E-state index contributed by atoms with van der Waals surface area (Å²) in [7, 11) is 0. The molecule has 24 heavy (non-hydrogen) atoms. The zero-order valence-electron chi connectivity index (χ0n) is 14.6. The van der Waals surface area contributed by atoms with E-state index in [9.17, 15) is 4.79 Å². The van der Waals surface area contributed by atoms with E-state index in [1.165, 1.54) is 0 Å². The molecule has 0 saturated heterocycles. The van der Waals surface area contributed by atoms with E-state index in [0.29, 0.717) is 25.0 Å². The highest BCUT2D eigenvalue weighted by Gasteiger charge is 2.12. The Balaban J connectivity index is 1.84. The van der Waals surface area contributed by atoms with Crippen molar-refractivity contribution in [2.75, 3.05) is 19.6 Å². The third-order valence-electron chi connectivity index (χ3n) is 4.05. The van der Waals surface area contributed by atoms with Gasteiger partial charge in [-0.2, -0.15) is 0 Å². The summed E-state index contributed by atoms with van der Waals surface area (Å²) in [6.45, 7) is 9.23. The first-order valence-electron chi connectivity index (χ1n) is 8.35. The molecule has 0 spiro atoms. The molecule has 7 nitrogen and oxygen atoms in total. The molecular weight excluding hydrogens is 304 g/mol. The average Bonchev–Trinajstić information content (AvgIpc) is 3.08. The van der Waals surface area contributed by atoms with Gasteiger partial charge in [-0.05, 0) is 32.1 Å². The molecule has 0 saturated carbocycles. The third-order valence-corrected chi connectivity index (χ3v) is 4.05. The summed E-state index contributed by atoms with van der Waals surface area (Å²) in [5.41, 5.74) is 0.967. The minimum atomic E-state index is -0.198. The van der Waals surface area contributed by atoms with E-state index in [4.69, 9.17) is 0 Å². The highest BCUT2D eigenvalue weighted by Crippen LogP contribution is 2.08. The summed E-state index contributed by atoms with van der Waals surface area (Å²) >= 11 is 0. The molecule has 2 rings (SSSR count). The lowest BCUT2D eigenvalue weighted by atomic mass is 10.3. The maximum atomic E-state index is 12.0. The van der Waals surface area contributed by atoms with Crippen LogP contribution in [0.3, 0.4) is 0 Å². The van der Waals surface area contributed by atoms with Crippen molar-refractivity contribution in [3.8, 4) is 5.69 Å². The van der Waals surface area contributed by atoms with Gasteiger partial charge in [0.15, 0.2) is 5.82 Å². The third kappa shape index (κ3) is 4.79. The summed E-state index contributed by atoms with van der Waals surface area (Å²) < 4.78 is 1.86. The zero-order valence-corrected chi connectivity index (χ0v) is 14.6. The van der Waals surface area contributed by atoms with Gasteiger partial charge in [-0.3, -0.25) is 9.47 Å². The SMILES string of the molecule is CCN(CC)[C@@H](C)CNC(=O)NCc1nncn1-c1ccccc1. The molecule has 1 aromatic heterocycles. The van der Waals surface area contributed by atoms with Crippen molar-refractivity contribution in [1.82, 2.24) is 30.3 Å². The number of amides is 2. The van der Waals surface area contributed by atoms with Crippen LogP contribution >= 0.6 is 0 Å². The number of para-hydroxylation sites is 1. The maximum Gasteiger partial charge on any atom is 0.315 e. The molecule has 0 fully saturated rings. The Morgan fingerprint density at radius 3 is 2.58 bits per heavy atom. The Kier molecular flexibility index (Phi) is 6.74. The van der Waals surface area contributed by atoms with Gasteiger partial charge in [0.1, 0.15) is 6.33 Å². The molecule has 7 heteroatoms. The van der Waals surface area contributed by atoms with Crippen LogP contribution in [0.4, 0.5) is 4.79 Å². The average molecular weight is 330 g/mol. The predicted molar refractivity (Wildman–Crippen MR) is 94.0 cm³/mol. The summed E-state index contributed by atoms with van der Waals surface area (Å²) in [6.07, 6.45) is 1.65. The van der Waals surface area contributed by atoms with Gasteiger partial charge in [0.05, 0.1) is 6.54 Å². The number of rotatable bonds is 8. The number of nitrogens with one attached hydrogen (secondary N) is 2. The number of hydrogen-bond donors (Lipinski definition) is 2. The lowest BCUT2D eigenvalue weighted by Crippen LogP contribution is -2.45. The van der Waals surface area contributed by atoms with Crippen molar-refractivity contribution >= 4 is 6.03 Å². The van der Waals surface area contributed by atoms with Gasteiger partial charge in [-0.1, -0.05) is 32.0 Å². The van der Waals surface area contributed by atoms with Gasteiger partial charge in [-0.25, -0.2) is 4.79 Å². The second kappa shape index (κ2) is 9.02. The number of benzene rings is 1. The Morgan fingerprint density at radius 2 is 1.92 bits per heavy atom. The summed E-state index contributed by atoms with van der Waals surface area (Å²) in [4.78, 5) is 14.3. The Morgan fingerprint density at radius 1 is 1.21 bits per heavy atom. The van der Waals surface area contributed by atoms with Crippen LogP contribution in [0.1, 0.15) is 26.6 Å². The molecule has 2 aromatic rings. The van der Waals surface area contributed by atoms with E-state index < -0.39 is 0 Å². The molecule has 0 unspecified atom stereocenters. The first-order valence-corrected chi connectivity index (χ1v) is 8.35. The number of carbonyl (C=O) groups excluding carboxylic acids is 1. The molecule has 1 aromatic carbocycles. The first kappa shape index (κ1) is 17.9. The van der Waals surface area contributed by atoms with Gasteiger partial charge >= 0.3 is 6.03 Å². The van der Waals surface area contributed by atoms with Crippen LogP contribution in [0.15, 0.2) is 36.7 Å². The van der Waals surface area contributed by atoms with Gasteiger partial charge < -0.3 is 10.6 Å². The van der Waals surface area contributed by atoms with E-state index in [1.807, 2.05) is 34.9 Å². The number of likely N-dealkylation sites (N-methyl/N-ethyl adjacent to an activating group) is 1. The monoisotopic (exact) mass is 330 g/mol. The van der Waals surface area contributed by atoms with Gasteiger partial charge in [0.25, 0.3) is 0 Å². The Labute approximate surface area is 143 Å². The molecule has 0 radical (unpaired) electrons. The Hall–Kier alpha value is -2.41. The lowest BCUT2D eigenvalue weighted by molar-refractivity contribution is 0.214. The molecule has 1 atom stereocenters. The first-order chi connectivity index (χ1) is 11.7. The standard InChI is InChI=1S/C17H26N6O/c1-4-22(5-2)14(3)11-18-17(24)19-12-16-21-20-13-23(16)15-9-7-6-8-10-15/h6-10,13-14H,4-5,11-12H2,1-3H3,(H2,18,19,24)/t14-/m0/s1. The molecule has 2 amide bonds. The highest BCUT2D eigenvalue weighted by molar-refractivity contribution is 5.73.